The molecule has 4 saturated carbocycles. The summed E-state index contributed by atoms with van der Waals surface area (Å²) in [5.41, 5.74) is -0.493. The maximum absolute atomic E-state index is 14.0. The molecule has 4 rings (SSSR count). The minimum Gasteiger partial charge on any atom is -0.377 e. The van der Waals surface area contributed by atoms with Crippen LogP contribution in [0.25, 0.3) is 0 Å². The first-order chi connectivity index (χ1) is 11.3. The topological polar surface area (TPSA) is 20.2 Å². The fourth-order valence-electron chi connectivity index (χ4n) is 7.63. The molecular formula is C22H33FO. The van der Waals surface area contributed by atoms with Crippen molar-refractivity contribution in [3.63, 3.8) is 0 Å². The van der Waals surface area contributed by atoms with Crippen LogP contribution in [0.15, 0.2) is 0 Å². The second-order valence-corrected chi connectivity index (χ2v) is 9.76. The molecule has 0 amide bonds. The first kappa shape index (κ1) is 16.9. The summed E-state index contributed by atoms with van der Waals surface area (Å²) < 4.78 is 14.0. The first-order valence-electron chi connectivity index (χ1n) is 10.1. The van der Waals surface area contributed by atoms with Crippen LogP contribution in [0.4, 0.5) is 4.39 Å². The Kier molecular flexibility index (Phi) is 3.85. The molecule has 0 heterocycles. The van der Waals surface area contributed by atoms with Crippen molar-refractivity contribution in [2.24, 2.45) is 34.5 Å². The molecule has 1 N–H and O–H groups in total. The quantitative estimate of drug-likeness (QED) is 0.610. The van der Waals surface area contributed by atoms with Crippen LogP contribution in [0, 0.1) is 46.3 Å². The molecule has 0 spiro atoms. The highest BCUT2D eigenvalue weighted by Crippen LogP contribution is 2.68. The SMILES string of the molecule is CC#CC1(O)CC[C@H]2[C@@H]3CCC4CC(F)CC[C@]4(C)[C@@H]3CC[C@@]21C. The molecule has 0 bridgehead atoms. The molecule has 2 heteroatoms. The van der Waals surface area contributed by atoms with Crippen LogP contribution in [0.5, 0.6) is 0 Å². The molecule has 8 atom stereocenters. The highest BCUT2D eigenvalue weighted by Gasteiger charge is 2.64. The Hall–Kier alpha value is -0.550. The van der Waals surface area contributed by atoms with E-state index >= 15 is 0 Å². The highest BCUT2D eigenvalue weighted by molar-refractivity contribution is 5.25. The largest absolute Gasteiger partial charge is 0.377 e. The van der Waals surface area contributed by atoms with Crippen molar-refractivity contribution >= 4 is 0 Å². The summed E-state index contributed by atoms with van der Waals surface area (Å²) in [5.74, 6) is 8.82. The van der Waals surface area contributed by atoms with E-state index in [4.69, 9.17) is 0 Å². The lowest BCUT2D eigenvalue weighted by Crippen LogP contribution is -2.56. The second-order valence-electron chi connectivity index (χ2n) is 9.76. The van der Waals surface area contributed by atoms with Gasteiger partial charge in [0.05, 0.1) is 0 Å². The summed E-state index contributed by atoms with van der Waals surface area (Å²) in [7, 11) is 0. The maximum atomic E-state index is 14.0. The van der Waals surface area contributed by atoms with Gasteiger partial charge in [-0.2, -0.15) is 0 Å². The number of halogens is 1. The van der Waals surface area contributed by atoms with Gasteiger partial charge >= 0.3 is 0 Å². The van der Waals surface area contributed by atoms with Crippen molar-refractivity contribution in [3.05, 3.63) is 0 Å². The van der Waals surface area contributed by atoms with Gasteiger partial charge in [0, 0.05) is 5.41 Å². The Balaban J connectivity index is 1.64. The van der Waals surface area contributed by atoms with Crippen molar-refractivity contribution in [1.82, 2.24) is 0 Å². The normalized spacial score (nSPS) is 56.5. The van der Waals surface area contributed by atoms with Gasteiger partial charge in [0.1, 0.15) is 11.8 Å². The Morgan fingerprint density at radius 1 is 0.958 bits per heavy atom. The van der Waals surface area contributed by atoms with Crippen LogP contribution < -0.4 is 0 Å². The monoisotopic (exact) mass is 332 g/mol. The third-order valence-corrected chi connectivity index (χ3v) is 9.09. The molecule has 0 radical (unpaired) electrons. The second kappa shape index (κ2) is 5.47. The van der Waals surface area contributed by atoms with Crippen LogP contribution in [0.1, 0.15) is 78.6 Å². The van der Waals surface area contributed by atoms with Crippen LogP contribution in [0.2, 0.25) is 0 Å². The van der Waals surface area contributed by atoms with E-state index in [1.807, 2.05) is 6.92 Å². The molecule has 1 nitrogen and oxygen atoms in total. The molecule has 0 aromatic carbocycles. The van der Waals surface area contributed by atoms with Gasteiger partial charge in [0.15, 0.2) is 0 Å². The van der Waals surface area contributed by atoms with Crippen molar-refractivity contribution < 1.29 is 9.50 Å². The third-order valence-electron chi connectivity index (χ3n) is 9.09. The fraction of sp³-hybridized carbons (Fsp3) is 0.909. The molecule has 24 heavy (non-hydrogen) atoms. The van der Waals surface area contributed by atoms with E-state index in [-0.39, 0.29) is 5.41 Å². The predicted molar refractivity (Wildman–Crippen MR) is 95.0 cm³/mol. The van der Waals surface area contributed by atoms with Gasteiger partial charge in [0.25, 0.3) is 0 Å². The van der Waals surface area contributed by atoms with Crippen molar-refractivity contribution in [2.45, 2.75) is 90.3 Å². The van der Waals surface area contributed by atoms with Gasteiger partial charge in [-0.25, -0.2) is 4.39 Å². The Morgan fingerprint density at radius 2 is 1.71 bits per heavy atom. The van der Waals surface area contributed by atoms with Gasteiger partial charge in [-0.15, -0.1) is 5.92 Å². The molecule has 4 fully saturated rings. The molecule has 3 unspecified atom stereocenters. The summed E-state index contributed by atoms with van der Waals surface area (Å²) >= 11 is 0. The molecule has 0 aromatic heterocycles. The van der Waals surface area contributed by atoms with Crippen molar-refractivity contribution in [3.8, 4) is 11.8 Å². The zero-order valence-electron chi connectivity index (χ0n) is 15.6. The average Bonchev–Trinajstić information content (AvgIpc) is 2.80. The lowest BCUT2D eigenvalue weighted by Gasteiger charge is -2.61. The number of rotatable bonds is 0. The summed E-state index contributed by atoms with van der Waals surface area (Å²) in [6, 6.07) is 0. The minimum absolute atomic E-state index is 0.0440. The van der Waals surface area contributed by atoms with Crippen LogP contribution in [0.3, 0.4) is 0 Å². The zero-order valence-corrected chi connectivity index (χ0v) is 15.6. The van der Waals surface area contributed by atoms with E-state index in [0.717, 1.165) is 44.4 Å². The van der Waals surface area contributed by atoms with Crippen LogP contribution in [-0.4, -0.2) is 16.9 Å². The van der Waals surface area contributed by atoms with E-state index in [1.54, 1.807) is 0 Å². The lowest BCUT2D eigenvalue weighted by molar-refractivity contribution is -0.140. The number of aliphatic hydroxyl groups is 1. The van der Waals surface area contributed by atoms with E-state index in [1.165, 1.54) is 19.3 Å². The first-order valence-corrected chi connectivity index (χ1v) is 10.1. The van der Waals surface area contributed by atoms with E-state index in [0.29, 0.717) is 23.2 Å². The number of hydrogen-bond acceptors (Lipinski definition) is 1. The highest BCUT2D eigenvalue weighted by atomic mass is 19.1. The lowest BCUT2D eigenvalue weighted by atomic mass is 9.44. The number of alkyl halides is 1. The van der Waals surface area contributed by atoms with Gasteiger partial charge in [-0.05, 0) is 93.8 Å². The predicted octanol–water partition coefficient (Wildman–Crippen LogP) is 5.12. The molecule has 0 aliphatic heterocycles. The van der Waals surface area contributed by atoms with Crippen LogP contribution in [-0.2, 0) is 0 Å². The van der Waals surface area contributed by atoms with Gasteiger partial charge < -0.3 is 5.11 Å². The molecule has 0 aromatic rings. The molecule has 4 aliphatic carbocycles. The van der Waals surface area contributed by atoms with Crippen molar-refractivity contribution in [1.29, 1.82) is 0 Å². The Labute approximate surface area is 146 Å². The Morgan fingerprint density at radius 3 is 2.46 bits per heavy atom. The number of fused-ring (bicyclic) bond motifs is 5. The summed E-state index contributed by atoms with van der Waals surface area (Å²) in [5, 5.41) is 11.2. The molecule has 0 saturated heterocycles. The zero-order chi connectivity index (χ0) is 17.2. The van der Waals surface area contributed by atoms with E-state index < -0.39 is 11.8 Å². The molecule has 4 aliphatic rings. The third kappa shape index (κ3) is 2.09. The van der Waals surface area contributed by atoms with Crippen molar-refractivity contribution in [2.75, 3.05) is 0 Å². The molecular weight excluding hydrogens is 299 g/mol. The van der Waals surface area contributed by atoms with E-state index in [2.05, 4.69) is 25.7 Å². The number of hydrogen-bond donors (Lipinski definition) is 1. The van der Waals surface area contributed by atoms with Gasteiger partial charge in [-0.3, -0.25) is 0 Å². The van der Waals surface area contributed by atoms with Crippen LogP contribution >= 0.6 is 0 Å². The van der Waals surface area contributed by atoms with E-state index in [9.17, 15) is 9.50 Å². The molecule has 134 valence electrons. The summed E-state index contributed by atoms with van der Waals surface area (Å²) in [4.78, 5) is 0. The summed E-state index contributed by atoms with van der Waals surface area (Å²) in [6.45, 7) is 6.62. The maximum Gasteiger partial charge on any atom is 0.131 e. The van der Waals surface area contributed by atoms with Gasteiger partial charge in [0.2, 0.25) is 0 Å². The average molecular weight is 333 g/mol. The fourth-order valence-corrected chi connectivity index (χ4v) is 7.63. The standard InChI is InChI=1S/C22H33FO/c1-4-10-22(24)13-9-19-17-6-5-15-14-16(23)7-11-20(15,2)18(17)8-12-21(19,22)3/h15-19,24H,5-9,11-14H2,1-3H3/t15?,16?,17-,18-,19+,20+,21+,22?/m1/s1. The minimum atomic E-state index is -0.786. The Bertz CT molecular complexity index is 576. The van der Waals surface area contributed by atoms with Gasteiger partial charge in [-0.1, -0.05) is 19.8 Å². The summed E-state index contributed by atoms with van der Waals surface area (Å²) in [6.07, 6.45) is 8.76. The smallest absolute Gasteiger partial charge is 0.131 e.